The van der Waals surface area contributed by atoms with Gasteiger partial charge in [-0.25, -0.2) is 0 Å². The zero-order chi connectivity index (χ0) is 19.0. The highest BCUT2D eigenvalue weighted by Gasteiger charge is 1.93. The first-order valence-electron chi connectivity index (χ1n) is 5.76. The zero-order valence-electron chi connectivity index (χ0n) is 12.1. The fourth-order valence-electron chi connectivity index (χ4n) is 0.677. The SMILES string of the molecule is CCCCCCC.OP(O)(O)=S.OP(O)(O)=S.OP(O)(O)=S. The Morgan fingerprint density at radius 2 is 0.636 bits per heavy atom. The molecule has 0 atom stereocenters. The summed E-state index contributed by atoms with van der Waals surface area (Å²) < 4.78 is 0. The van der Waals surface area contributed by atoms with Crippen LogP contribution in [0.1, 0.15) is 46.0 Å². The van der Waals surface area contributed by atoms with Crippen LogP contribution < -0.4 is 0 Å². The predicted octanol–water partition coefficient (Wildman–Crippen LogP) is 0.540. The molecule has 0 saturated carbocycles. The molecule has 15 heteroatoms. The van der Waals surface area contributed by atoms with Crippen LogP contribution in [0.3, 0.4) is 0 Å². The van der Waals surface area contributed by atoms with Crippen molar-refractivity contribution in [3.63, 3.8) is 0 Å². The van der Waals surface area contributed by atoms with Crippen LogP contribution in [0, 0.1) is 0 Å². The number of unbranched alkanes of at least 4 members (excludes halogenated alkanes) is 4. The van der Waals surface area contributed by atoms with Gasteiger partial charge >= 0.3 is 20.2 Å². The van der Waals surface area contributed by atoms with Gasteiger partial charge in [-0.2, -0.15) is 0 Å². The summed E-state index contributed by atoms with van der Waals surface area (Å²) in [6.45, 7) is -6.93. The third-order valence-electron chi connectivity index (χ3n) is 1.21. The van der Waals surface area contributed by atoms with Crippen molar-refractivity contribution in [3.8, 4) is 0 Å². The van der Waals surface area contributed by atoms with Gasteiger partial charge in [-0.05, 0) is 35.4 Å². The van der Waals surface area contributed by atoms with Gasteiger partial charge in [0, 0.05) is 0 Å². The van der Waals surface area contributed by atoms with E-state index in [9.17, 15) is 0 Å². The molecule has 9 N–H and O–H groups in total. The first kappa shape index (κ1) is 31.4. The predicted molar refractivity (Wildman–Crippen MR) is 97.3 cm³/mol. The highest BCUT2D eigenvalue weighted by molar-refractivity contribution is 8.06. The van der Waals surface area contributed by atoms with E-state index < -0.39 is 20.2 Å². The first-order valence-corrected chi connectivity index (χ1v) is 13.7. The van der Waals surface area contributed by atoms with Gasteiger partial charge in [0.25, 0.3) is 0 Å². The average molecular weight is 442 g/mol. The van der Waals surface area contributed by atoms with Crippen LogP contribution >= 0.6 is 20.2 Å². The Morgan fingerprint density at radius 3 is 0.727 bits per heavy atom. The van der Waals surface area contributed by atoms with Crippen LogP contribution in [0.2, 0.25) is 0 Å². The summed E-state index contributed by atoms with van der Waals surface area (Å²) in [6.07, 6.45) is 7.01. The fraction of sp³-hybridized carbons (Fsp3) is 1.00. The lowest BCUT2D eigenvalue weighted by molar-refractivity contribution is 0.361. The fourth-order valence-corrected chi connectivity index (χ4v) is 0.677. The lowest BCUT2D eigenvalue weighted by Crippen LogP contribution is -1.70. The molecule has 0 spiro atoms. The molecule has 0 aromatic carbocycles. The molecule has 0 amide bonds. The second-order valence-electron chi connectivity index (χ2n) is 3.60. The maximum atomic E-state index is 7.56. The summed E-state index contributed by atoms with van der Waals surface area (Å²) >= 11 is 10.8. The van der Waals surface area contributed by atoms with E-state index in [1.54, 1.807) is 0 Å². The van der Waals surface area contributed by atoms with Crippen LogP contribution in [0.4, 0.5) is 0 Å². The Morgan fingerprint density at radius 1 is 0.500 bits per heavy atom. The maximum Gasteiger partial charge on any atom is 0.319 e. The van der Waals surface area contributed by atoms with Gasteiger partial charge in [-0.15, -0.1) is 0 Å². The van der Waals surface area contributed by atoms with Crippen molar-refractivity contribution in [1.82, 2.24) is 0 Å². The van der Waals surface area contributed by atoms with E-state index in [1.807, 2.05) is 0 Å². The molecule has 0 aromatic rings. The highest BCUT2D eigenvalue weighted by Crippen LogP contribution is 2.27. The largest absolute Gasteiger partial charge is 0.325 e. The molecular formula is C7H25O9P3S3. The third-order valence-corrected chi connectivity index (χ3v) is 1.21. The van der Waals surface area contributed by atoms with E-state index in [0.29, 0.717) is 0 Å². The second kappa shape index (κ2) is 17.4. The smallest absolute Gasteiger partial charge is 0.319 e. The molecule has 0 aliphatic heterocycles. The van der Waals surface area contributed by atoms with E-state index in [0.717, 1.165) is 0 Å². The standard InChI is InChI=1S/C7H16.3H3O3PS/c1-3-5-7-6-4-2;3*1-4(2,3)5/h3-7H2,1-2H3;3*(H3,1,2,3,5). The van der Waals surface area contributed by atoms with Gasteiger partial charge < -0.3 is 44.0 Å². The Kier molecular flexibility index (Phi) is 24.8. The van der Waals surface area contributed by atoms with Crippen LogP contribution in [0.5, 0.6) is 0 Å². The van der Waals surface area contributed by atoms with Crippen LogP contribution in [0.15, 0.2) is 0 Å². The van der Waals surface area contributed by atoms with Gasteiger partial charge in [-0.1, -0.05) is 46.0 Å². The third kappa shape index (κ3) is 293. The minimum absolute atomic E-state index is 1.36. The van der Waals surface area contributed by atoms with Crippen molar-refractivity contribution in [2.24, 2.45) is 0 Å². The number of hydrogen-bond acceptors (Lipinski definition) is 3. The molecule has 0 aromatic heterocycles. The van der Waals surface area contributed by atoms with E-state index >= 15 is 0 Å². The Labute approximate surface area is 145 Å². The Hall–Kier alpha value is 1.59. The normalized spacial score (nSPS) is 11.0. The topological polar surface area (TPSA) is 182 Å². The van der Waals surface area contributed by atoms with Crippen molar-refractivity contribution >= 4 is 55.6 Å². The van der Waals surface area contributed by atoms with Gasteiger partial charge in [0.15, 0.2) is 0 Å². The average Bonchev–Trinajstić information content (AvgIpc) is 2.10. The molecule has 140 valence electrons. The lowest BCUT2D eigenvalue weighted by Gasteiger charge is -1.90. The summed E-state index contributed by atoms with van der Waals surface area (Å²) in [6, 6.07) is 0. The molecule has 0 heterocycles. The van der Waals surface area contributed by atoms with Crippen molar-refractivity contribution in [2.75, 3.05) is 0 Å². The molecule has 0 unspecified atom stereocenters. The van der Waals surface area contributed by atoms with E-state index in [4.69, 9.17) is 44.0 Å². The first-order chi connectivity index (χ1) is 9.41. The summed E-state index contributed by atoms with van der Waals surface area (Å²) in [7, 11) is 0. The second-order valence-corrected chi connectivity index (χ2v) is 11.1. The van der Waals surface area contributed by atoms with Gasteiger partial charge in [-0.3, -0.25) is 0 Å². The summed E-state index contributed by atoms with van der Waals surface area (Å²) in [5.41, 5.74) is 0. The highest BCUT2D eigenvalue weighted by atomic mass is 32.5. The van der Waals surface area contributed by atoms with Crippen molar-refractivity contribution in [2.45, 2.75) is 46.0 Å². The van der Waals surface area contributed by atoms with Crippen LogP contribution in [-0.2, 0) is 35.4 Å². The summed E-state index contributed by atoms with van der Waals surface area (Å²) in [4.78, 5) is 68.0. The van der Waals surface area contributed by atoms with Crippen molar-refractivity contribution in [3.05, 3.63) is 0 Å². The minimum atomic E-state index is -3.81. The molecule has 22 heavy (non-hydrogen) atoms. The van der Waals surface area contributed by atoms with E-state index in [1.165, 1.54) is 32.1 Å². The molecule has 0 radical (unpaired) electrons. The Balaban J connectivity index is -0.0000000995. The van der Waals surface area contributed by atoms with Crippen molar-refractivity contribution < 1.29 is 44.0 Å². The van der Waals surface area contributed by atoms with E-state index in [-0.39, 0.29) is 0 Å². The number of rotatable bonds is 4. The van der Waals surface area contributed by atoms with Gasteiger partial charge in [0.1, 0.15) is 0 Å². The lowest BCUT2D eigenvalue weighted by atomic mass is 10.2. The molecule has 0 aliphatic carbocycles. The summed E-state index contributed by atoms with van der Waals surface area (Å²) in [5, 5.41) is 0. The zero-order valence-corrected chi connectivity index (χ0v) is 17.3. The molecule has 0 bridgehead atoms. The van der Waals surface area contributed by atoms with Gasteiger partial charge in [0.2, 0.25) is 0 Å². The monoisotopic (exact) mass is 442 g/mol. The van der Waals surface area contributed by atoms with Crippen LogP contribution in [-0.4, -0.2) is 44.0 Å². The maximum absolute atomic E-state index is 7.56. The molecule has 0 aliphatic rings. The number of hydrogen-bond donors (Lipinski definition) is 9. The van der Waals surface area contributed by atoms with Crippen LogP contribution in [0.25, 0.3) is 0 Å². The quantitative estimate of drug-likeness (QED) is 0.218. The van der Waals surface area contributed by atoms with E-state index in [2.05, 4.69) is 49.3 Å². The van der Waals surface area contributed by atoms with Gasteiger partial charge in [0.05, 0.1) is 0 Å². The minimum Gasteiger partial charge on any atom is -0.325 e. The van der Waals surface area contributed by atoms with Crippen molar-refractivity contribution in [1.29, 1.82) is 0 Å². The molecule has 9 nitrogen and oxygen atoms in total. The molecule has 0 fully saturated rings. The molecular weight excluding hydrogens is 417 g/mol. The molecule has 0 saturated heterocycles. The molecule has 0 rings (SSSR count). The Bertz CT molecular complexity index is 287. The summed E-state index contributed by atoms with van der Waals surface area (Å²) in [5.74, 6) is 0.